The lowest BCUT2D eigenvalue weighted by Crippen LogP contribution is -2.44. The highest BCUT2D eigenvalue weighted by Gasteiger charge is 2.31. The number of carbonyl (C=O) groups is 1. The van der Waals surface area contributed by atoms with Crippen LogP contribution in [-0.2, 0) is 4.79 Å². The molecule has 0 unspecified atom stereocenters. The van der Waals surface area contributed by atoms with Gasteiger partial charge >= 0.3 is 6.36 Å². The SMILES string of the molecule is O=C(COc1ccc(OC(F)(F)F)cc1Cl)Nc1ccc2nc(N3CCC(N4CCCC4)CC3)ncc2c1. The Morgan fingerprint density at radius 2 is 1.84 bits per heavy atom. The van der Waals surface area contributed by atoms with Gasteiger partial charge in [-0.3, -0.25) is 4.79 Å². The summed E-state index contributed by atoms with van der Waals surface area (Å²) in [6.45, 7) is 3.90. The number of nitrogens with zero attached hydrogens (tertiary/aromatic N) is 4. The number of amides is 1. The molecule has 38 heavy (non-hydrogen) atoms. The highest BCUT2D eigenvalue weighted by Crippen LogP contribution is 2.32. The minimum absolute atomic E-state index is 0.0558. The third-order valence-corrected chi connectivity index (χ3v) is 7.05. The summed E-state index contributed by atoms with van der Waals surface area (Å²) in [6.07, 6.45) is 1.75. The van der Waals surface area contributed by atoms with Crippen molar-refractivity contribution in [3.63, 3.8) is 0 Å². The molecular formula is C26H27ClF3N5O3. The molecule has 8 nitrogen and oxygen atoms in total. The average molecular weight is 550 g/mol. The molecule has 0 atom stereocenters. The number of benzene rings is 2. The van der Waals surface area contributed by atoms with E-state index in [1.165, 1.54) is 32.0 Å². The first-order valence-corrected chi connectivity index (χ1v) is 12.8. The standard InChI is InChI=1S/C26H27ClF3N5O3/c27-21-14-20(38-26(28,29)30)4-6-23(21)37-16-24(36)32-18-3-5-22-17(13-18)15-31-25(33-22)35-11-7-19(8-12-35)34-9-1-2-10-34/h3-6,13-15,19H,1-2,7-12,16H2,(H,32,36). The summed E-state index contributed by atoms with van der Waals surface area (Å²) >= 11 is 5.95. The predicted molar refractivity (Wildman–Crippen MR) is 138 cm³/mol. The number of ether oxygens (including phenoxy) is 2. The molecule has 2 aromatic carbocycles. The summed E-state index contributed by atoms with van der Waals surface area (Å²) in [5, 5.41) is 3.39. The summed E-state index contributed by atoms with van der Waals surface area (Å²) in [6, 6.07) is 9.22. The summed E-state index contributed by atoms with van der Waals surface area (Å²) in [5.41, 5.74) is 1.31. The number of hydrogen-bond acceptors (Lipinski definition) is 7. The second kappa shape index (κ2) is 11.2. The van der Waals surface area contributed by atoms with E-state index in [9.17, 15) is 18.0 Å². The van der Waals surface area contributed by atoms with Gasteiger partial charge in [0.25, 0.3) is 5.91 Å². The van der Waals surface area contributed by atoms with E-state index in [1.807, 2.05) is 6.07 Å². The van der Waals surface area contributed by atoms with Crippen LogP contribution in [0.2, 0.25) is 5.02 Å². The molecule has 1 amide bonds. The second-order valence-corrected chi connectivity index (χ2v) is 9.79. The van der Waals surface area contributed by atoms with Crippen LogP contribution in [0.15, 0.2) is 42.6 Å². The molecule has 3 heterocycles. The maximum atomic E-state index is 12.4. The van der Waals surface area contributed by atoms with E-state index in [0.717, 1.165) is 49.0 Å². The molecule has 5 rings (SSSR count). The van der Waals surface area contributed by atoms with Crippen molar-refractivity contribution in [2.75, 3.05) is 43.0 Å². The van der Waals surface area contributed by atoms with Gasteiger partial charge in [-0.25, -0.2) is 9.97 Å². The van der Waals surface area contributed by atoms with Gasteiger partial charge in [-0.05, 0) is 69.1 Å². The number of alkyl halides is 3. The first-order valence-electron chi connectivity index (χ1n) is 12.5. The molecule has 2 aliphatic rings. The lowest BCUT2D eigenvalue weighted by Gasteiger charge is -2.36. The maximum Gasteiger partial charge on any atom is 0.573 e. The molecular weight excluding hydrogens is 523 g/mol. The number of carbonyl (C=O) groups excluding carboxylic acids is 1. The number of nitrogens with one attached hydrogen (secondary N) is 1. The van der Waals surface area contributed by atoms with E-state index >= 15 is 0 Å². The summed E-state index contributed by atoms with van der Waals surface area (Å²) < 4.78 is 46.2. The Morgan fingerprint density at radius 3 is 2.55 bits per heavy atom. The molecule has 0 saturated carbocycles. The molecule has 0 aliphatic carbocycles. The first kappa shape index (κ1) is 26.3. The summed E-state index contributed by atoms with van der Waals surface area (Å²) in [5.74, 6) is -0.173. The third-order valence-electron chi connectivity index (χ3n) is 6.75. The zero-order chi connectivity index (χ0) is 26.7. The molecule has 202 valence electrons. The molecule has 2 aliphatic heterocycles. The van der Waals surface area contributed by atoms with Gasteiger partial charge in [-0.1, -0.05) is 11.6 Å². The van der Waals surface area contributed by atoms with E-state index < -0.39 is 18.0 Å². The number of aromatic nitrogens is 2. The lowest BCUT2D eigenvalue weighted by molar-refractivity contribution is -0.274. The molecule has 0 spiro atoms. The third kappa shape index (κ3) is 6.57. The van der Waals surface area contributed by atoms with Gasteiger partial charge < -0.3 is 24.6 Å². The molecule has 2 saturated heterocycles. The van der Waals surface area contributed by atoms with Crippen LogP contribution in [0.1, 0.15) is 25.7 Å². The van der Waals surface area contributed by atoms with Crippen molar-refractivity contribution in [2.24, 2.45) is 0 Å². The van der Waals surface area contributed by atoms with Gasteiger partial charge in [0.05, 0.1) is 10.5 Å². The van der Waals surface area contributed by atoms with Crippen LogP contribution in [0.4, 0.5) is 24.8 Å². The Kier molecular flexibility index (Phi) is 7.75. The largest absolute Gasteiger partial charge is 0.573 e. The van der Waals surface area contributed by atoms with E-state index in [2.05, 4.69) is 24.8 Å². The number of piperidine rings is 1. The van der Waals surface area contributed by atoms with Crippen molar-refractivity contribution >= 4 is 40.0 Å². The van der Waals surface area contributed by atoms with Crippen LogP contribution in [0, 0.1) is 0 Å². The number of anilines is 2. The molecule has 2 fully saturated rings. The molecule has 3 aromatic rings. The molecule has 0 bridgehead atoms. The van der Waals surface area contributed by atoms with Crippen LogP contribution in [0.25, 0.3) is 10.9 Å². The monoisotopic (exact) mass is 549 g/mol. The summed E-state index contributed by atoms with van der Waals surface area (Å²) in [7, 11) is 0. The fourth-order valence-electron chi connectivity index (χ4n) is 4.93. The second-order valence-electron chi connectivity index (χ2n) is 9.38. The smallest absolute Gasteiger partial charge is 0.482 e. The number of halogens is 4. The number of rotatable bonds is 7. The first-order chi connectivity index (χ1) is 18.2. The highest BCUT2D eigenvalue weighted by molar-refractivity contribution is 6.32. The van der Waals surface area contributed by atoms with Gasteiger partial charge in [0.15, 0.2) is 6.61 Å². The van der Waals surface area contributed by atoms with Crippen LogP contribution in [-0.4, -0.2) is 66.0 Å². The van der Waals surface area contributed by atoms with Gasteiger partial charge in [0, 0.05) is 42.5 Å². The topological polar surface area (TPSA) is 79.8 Å². The summed E-state index contributed by atoms with van der Waals surface area (Å²) in [4.78, 5) is 26.5. The Morgan fingerprint density at radius 1 is 1.08 bits per heavy atom. The Labute approximate surface area is 222 Å². The van der Waals surface area contributed by atoms with Gasteiger partial charge in [-0.2, -0.15) is 0 Å². The highest BCUT2D eigenvalue weighted by atomic mass is 35.5. The van der Waals surface area contributed by atoms with E-state index in [-0.39, 0.29) is 17.4 Å². The molecule has 1 N–H and O–H groups in total. The fraction of sp³-hybridized carbons (Fsp3) is 0.423. The van der Waals surface area contributed by atoms with Crippen molar-refractivity contribution < 1.29 is 27.4 Å². The fourth-order valence-corrected chi connectivity index (χ4v) is 5.15. The normalized spacial score (nSPS) is 17.1. The molecule has 1 aromatic heterocycles. The van der Waals surface area contributed by atoms with E-state index in [1.54, 1.807) is 18.3 Å². The van der Waals surface area contributed by atoms with Crippen molar-refractivity contribution in [1.29, 1.82) is 0 Å². The van der Waals surface area contributed by atoms with Crippen LogP contribution in [0.3, 0.4) is 0 Å². The maximum absolute atomic E-state index is 12.4. The number of likely N-dealkylation sites (tertiary alicyclic amines) is 1. The Hall–Kier alpha value is -3.31. The minimum atomic E-state index is -4.83. The van der Waals surface area contributed by atoms with Crippen molar-refractivity contribution in [3.05, 3.63) is 47.6 Å². The van der Waals surface area contributed by atoms with Crippen LogP contribution < -0.4 is 19.7 Å². The van der Waals surface area contributed by atoms with E-state index in [4.69, 9.17) is 21.3 Å². The molecule has 0 radical (unpaired) electrons. The zero-order valence-electron chi connectivity index (χ0n) is 20.5. The zero-order valence-corrected chi connectivity index (χ0v) is 21.3. The Balaban J connectivity index is 1.15. The Bertz CT molecular complexity index is 1290. The number of hydrogen-bond donors (Lipinski definition) is 1. The van der Waals surface area contributed by atoms with Gasteiger partial charge in [0.1, 0.15) is 11.5 Å². The lowest BCUT2D eigenvalue weighted by atomic mass is 10.0. The quantitative estimate of drug-likeness (QED) is 0.430. The van der Waals surface area contributed by atoms with Gasteiger partial charge in [-0.15, -0.1) is 13.2 Å². The van der Waals surface area contributed by atoms with Crippen molar-refractivity contribution in [1.82, 2.24) is 14.9 Å². The van der Waals surface area contributed by atoms with Gasteiger partial charge in [0.2, 0.25) is 5.95 Å². The average Bonchev–Trinajstić information content (AvgIpc) is 3.42. The van der Waals surface area contributed by atoms with Crippen LogP contribution >= 0.6 is 11.6 Å². The number of fused-ring (bicyclic) bond motifs is 1. The van der Waals surface area contributed by atoms with E-state index in [0.29, 0.717) is 17.7 Å². The van der Waals surface area contributed by atoms with Crippen LogP contribution in [0.5, 0.6) is 11.5 Å². The molecule has 12 heteroatoms. The van der Waals surface area contributed by atoms with Crippen molar-refractivity contribution in [2.45, 2.75) is 38.1 Å². The predicted octanol–water partition coefficient (Wildman–Crippen LogP) is 5.26. The van der Waals surface area contributed by atoms with Crippen molar-refractivity contribution in [3.8, 4) is 11.5 Å². The minimum Gasteiger partial charge on any atom is -0.482 e.